The van der Waals surface area contributed by atoms with E-state index < -0.39 is 0 Å². The van der Waals surface area contributed by atoms with Gasteiger partial charge in [-0.2, -0.15) is 0 Å². The summed E-state index contributed by atoms with van der Waals surface area (Å²) in [4.78, 5) is 13.6. The summed E-state index contributed by atoms with van der Waals surface area (Å²) in [6.07, 6.45) is 0.932. The Kier molecular flexibility index (Phi) is 3.09. The third-order valence-corrected chi connectivity index (χ3v) is 2.58. The highest BCUT2D eigenvalue weighted by Crippen LogP contribution is 2.13. The van der Waals surface area contributed by atoms with Gasteiger partial charge < -0.3 is 10.6 Å². The van der Waals surface area contributed by atoms with Crippen molar-refractivity contribution in [3.8, 4) is 0 Å². The van der Waals surface area contributed by atoms with E-state index in [1.54, 1.807) is 0 Å². The molecule has 74 valence electrons. The SMILES string of the molecule is CC(C)=C(C)C(=O)N1CCC(N)C1. The molecule has 1 heterocycles. The Morgan fingerprint density at radius 3 is 2.38 bits per heavy atom. The van der Waals surface area contributed by atoms with Crippen molar-refractivity contribution in [2.75, 3.05) is 13.1 Å². The van der Waals surface area contributed by atoms with Crippen LogP contribution in [0.5, 0.6) is 0 Å². The van der Waals surface area contributed by atoms with E-state index in [9.17, 15) is 4.79 Å². The molecule has 1 atom stereocenters. The Labute approximate surface area is 79.6 Å². The molecule has 1 aliphatic rings. The minimum absolute atomic E-state index is 0.146. The number of allylic oxidation sites excluding steroid dienone is 1. The number of rotatable bonds is 1. The summed E-state index contributed by atoms with van der Waals surface area (Å²) in [7, 11) is 0. The molecule has 13 heavy (non-hydrogen) atoms. The van der Waals surface area contributed by atoms with Crippen LogP contribution in [0.15, 0.2) is 11.1 Å². The Hall–Kier alpha value is -0.830. The number of nitrogens with zero attached hydrogens (tertiary/aromatic N) is 1. The van der Waals surface area contributed by atoms with E-state index in [0.29, 0.717) is 6.54 Å². The standard InChI is InChI=1S/C10H18N2O/c1-7(2)8(3)10(13)12-5-4-9(11)6-12/h9H,4-6,11H2,1-3H3. The molecule has 0 radical (unpaired) electrons. The lowest BCUT2D eigenvalue weighted by molar-refractivity contribution is -0.126. The van der Waals surface area contributed by atoms with E-state index in [-0.39, 0.29) is 11.9 Å². The molecule has 0 spiro atoms. The Morgan fingerprint density at radius 1 is 1.38 bits per heavy atom. The fourth-order valence-corrected chi connectivity index (χ4v) is 1.42. The molecular formula is C10H18N2O. The topological polar surface area (TPSA) is 46.3 Å². The van der Waals surface area contributed by atoms with Crippen LogP contribution in [0.4, 0.5) is 0 Å². The van der Waals surface area contributed by atoms with Gasteiger partial charge in [-0.15, -0.1) is 0 Å². The van der Waals surface area contributed by atoms with Crippen molar-refractivity contribution in [2.45, 2.75) is 33.2 Å². The van der Waals surface area contributed by atoms with Crippen LogP contribution >= 0.6 is 0 Å². The molecule has 1 unspecified atom stereocenters. The first-order valence-electron chi connectivity index (χ1n) is 4.71. The van der Waals surface area contributed by atoms with E-state index in [1.807, 2.05) is 25.7 Å². The Balaban J connectivity index is 2.64. The minimum Gasteiger partial charge on any atom is -0.337 e. The van der Waals surface area contributed by atoms with Crippen molar-refractivity contribution in [1.82, 2.24) is 4.90 Å². The van der Waals surface area contributed by atoms with E-state index in [0.717, 1.165) is 24.1 Å². The maximum atomic E-state index is 11.7. The molecule has 0 bridgehead atoms. The second-order valence-electron chi connectivity index (χ2n) is 3.92. The van der Waals surface area contributed by atoms with Crippen LogP contribution in [0.3, 0.4) is 0 Å². The third-order valence-electron chi connectivity index (χ3n) is 2.58. The van der Waals surface area contributed by atoms with Crippen LogP contribution in [0.2, 0.25) is 0 Å². The van der Waals surface area contributed by atoms with Crippen molar-refractivity contribution in [1.29, 1.82) is 0 Å². The second kappa shape index (κ2) is 3.92. The lowest BCUT2D eigenvalue weighted by atomic mass is 10.1. The fraction of sp³-hybridized carbons (Fsp3) is 0.700. The number of hydrogen-bond acceptors (Lipinski definition) is 2. The number of carbonyl (C=O) groups excluding carboxylic acids is 1. The van der Waals surface area contributed by atoms with E-state index in [4.69, 9.17) is 5.73 Å². The summed E-state index contributed by atoms with van der Waals surface area (Å²) in [5.41, 5.74) is 7.67. The minimum atomic E-state index is 0.146. The van der Waals surface area contributed by atoms with Gasteiger partial charge in [-0.3, -0.25) is 4.79 Å². The smallest absolute Gasteiger partial charge is 0.249 e. The average Bonchev–Trinajstić information content (AvgIpc) is 2.49. The van der Waals surface area contributed by atoms with Crippen LogP contribution < -0.4 is 5.73 Å². The average molecular weight is 182 g/mol. The summed E-state index contributed by atoms with van der Waals surface area (Å²) in [6, 6.07) is 0.175. The first-order chi connectivity index (χ1) is 6.02. The van der Waals surface area contributed by atoms with Gasteiger partial charge in [0, 0.05) is 24.7 Å². The van der Waals surface area contributed by atoms with Crippen molar-refractivity contribution < 1.29 is 4.79 Å². The van der Waals surface area contributed by atoms with E-state index in [1.165, 1.54) is 0 Å². The molecule has 2 N–H and O–H groups in total. The predicted molar refractivity (Wildman–Crippen MR) is 53.2 cm³/mol. The normalized spacial score (nSPS) is 21.8. The van der Waals surface area contributed by atoms with Gasteiger partial charge in [-0.1, -0.05) is 5.57 Å². The molecule has 0 aliphatic carbocycles. The van der Waals surface area contributed by atoms with Crippen LogP contribution in [0, 0.1) is 0 Å². The molecule has 1 rings (SSSR count). The zero-order valence-corrected chi connectivity index (χ0v) is 8.63. The van der Waals surface area contributed by atoms with Crippen LogP contribution in [-0.4, -0.2) is 29.9 Å². The molecule has 0 aromatic carbocycles. The second-order valence-corrected chi connectivity index (χ2v) is 3.92. The maximum absolute atomic E-state index is 11.7. The zero-order valence-electron chi connectivity index (χ0n) is 8.63. The van der Waals surface area contributed by atoms with Crippen LogP contribution in [-0.2, 0) is 4.79 Å². The summed E-state index contributed by atoms with van der Waals surface area (Å²) < 4.78 is 0. The van der Waals surface area contributed by atoms with Gasteiger partial charge in [0.15, 0.2) is 0 Å². The molecule has 1 saturated heterocycles. The fourth-order valence-electron chi connectivity index (χ4n) is 1.42. The van der Waals surface area contributed by atoms with E-state index >= 15 is 0 Å². The third kappa shape index (κ3) is 2.31. The molecule has 0 aromatic rings. The van der Waals surface area contributed by atoms with E-state index in [2.05, 4.69) is 0 Å². The molecular weight excluding hydrogens is 164 g/mol. The quantitative estimate of drug-likeness (QED) is 0.612. The molecule has 1 fully saturated rings. The summed E-state index contributed by atoms with van der Waals surface area (Å²) in [5.74, 6) is 0.146. The van der Waals surface area contributed by atoms with Gasteiger partial charge in [0.05, 0.1) is 0 Å². The lowest BCUT2D eigenvalue weighted by Crippen LogP contribution is -2.32. The number of hydrogen-bond donors (Lipinski definition) is 1. The van der Waals surface area contributed by atoms with Gasteiger partial charge >= 0.3 is 0 Å². The van der Waals surface area contributed by atoms with Crippen molar-refractivity contribution in [3.05, 3.63) is 11.1 Å². The molecule has 3 nitrogen and oxygen atoms in total. The molecule has 3 heteroatoms. The summed E-state index contributed by atoms with van der Waals surface area (Å²) >= 11 is 0. The van der Waals surface area contributed by atoms with Crippen molar-refractivity contribution in [3.63, 3.8) is 0 Å². The van der Waals surface area contributed by atoms with Gasteiger partial charge in [0.25, 0.3) is 0 Å². The van der Waals surface area contributed by atoms with Gasteiger partial charge in [0.2, 0.25) is 5.91 Å². The van der Waals surface area contributed by atoms with Crippen molar-refractivity contribution >= 4 is 5.91 Å². The first kappa shape index (κ1) is 10.3. The molecule has 0 aromatic heterocycles. The zero-order chi connectivity index (χ0) is 10.0. The highest BCUT2D eigenvalue weighted by Gasteiger charge is 2.24. The Bertz CT molecular complexity index is 241. The molecule has 1 aliphatic heterocycles. The highest BCUT2D eigenvalue weighted by molar-refractivity contribution is 5.93. The number of nitrogens with two attached hydrogens (primary N) is 1. The molecule has 0 saturated carbocycles. The summed E-state index contributed by atoms with van der Waals surface area (Å²) in [5, 5.41) is 0. The molecule has 1 amide bonds. The van der Waals surface area contributed by atoms with Crippen LogP contribution in [0.1, 0.15) is 27.2 Å². The first-order valence-corrected chi connectivity index (χ1v) is 4.71. The number of carbonyl (C=O) groups is 1. The summed E-state index contributed by atoms with van der Waals surface area (Å²) in [6.45, 7) is 7.32. The largest absolute Gasteiger partial charge is 0.337 e. The number of likely N-dealkylation sites (tertiary alicyclic amines) is 1. The number of amides is 1. The highest BCUT2D eigenvalue weighted by atomic mass is 16.2. The lowest BCUT2D eigenvalue weighted by Gasteiger charge is -2.16. The van der Waals surface area contributed by atoms with Gasteiger partial charge in [-0.25, -0.2) is 0 Å². The van der Waals surface area contributed by atoms with Gasteiger partial charge in [0.1, 0.15) is 0 Å². The Morgan fingerprint density at radius 2 is 2.00 bits per heavy atom. The monoisotopic (exact) mass is 182 g/mol. The van der Waals surface area contributed by atoms with Crippen LogP contribution in [0.25, 0.3) is 0 Å². The maximum Gasteiger partial charge on any atom is 0.249 e. The van der Waals surface area contributed by atoms with Gasteiger partial charge in [-0.05, 0) is 27.2 Å². The predicted octanol–water partition coefficient (Wildman–Crippen LogP) is 0.902. The van der Waals surface area contributed by atoms with Crippen molar-refractivity contribution in [2.24, 2.45) is 5.73 Å².